The maximum absolute atomic E-state index is 12.2. The molecular weight excluding hydrogens is 290 g/mol. The van der Waals surface area contributed by atoms with Crippen LogP contribution in [0, 0.1) is 0 Å². The molecule has 1 atom stereocenters. The first-order valence-corrected chi connectivity index (χ1v) is 7.68. The normalized spacial score (nSPS) is 11.6. The van der Waals surface area contributed by atoms with E-state index in [-0.39, 0.29) is 17.8 Å². The fourth-order valence-electron chi connectivity index (χ4n) is 2.02. The minimum atomic E-state index is -0.221. The van der Waals surface area contributed by atoms with E-state index in [1.165, 1.54) is 6.92 Å². The summed E-state index contributed by atoms with van der Waals surface area (Å²) in [6.45, 7) is 5.56. The molecule has 2 aromatic rings. The summed E-state index contributed by atoms with van der Waals surface area (Å²) in [5.74, 6) is 0.489. The maximum atomic E-state index is 12.2. The number of benzene rings is 2. The van der Waals surface area contributed by atoms with Crippen LogP contribution < -0.4 is 10.1 Å². The van der Waals surface area contributed by atoms with Crippen molar-refractivity contribution in [2.45, 2.75) is 33.3 Å². The molecule has 4 heteroatoms. The number of Topliss-reactive ketones (excluding diaryl/α,β-unsaturated/α-hetero) is 1. The Hall–Kier alpha value is -2.62. The third-order valence-corrected chi connectivity index (χ3v) is 3.56. The van der Waals surface area contributed by atoms with Crippen molar-refractivity contribution in [2.24, 2.45) is 0 Å². The summed E-state index contributed by atoms with van der Waals surface area (Å²) in [5, 5.41) is 2.79. The first kappa shape index (κ1) is 16.7. The molecule has 0 bridgehead atoms. The third kappa shape index (κ3) is 4.68. The van der Waals surface area contributed by atoms with Gasteiger partial charge in [-0.05, 0) is 56.7 Å². The van der Waals surface area contributed by atoms with E-state index in [0.29, 0.717) is 16.8 Å². The van der Waals surface area contributed by atoms with Crippen molar-refractivity contribution in [2.75, 3.05) is 5.32 Å². The number of hydrogen-bond donors (Lipinski definition) is 1. The first-order valence-electron chi connectivity index (χ1n) is 7.68. The Morgan fingerprint density at radius 3 is 2.39 bits per heavy atom. The second-order valence-electron chi connectivity index (χ2n) is 5.45. The monoisotopic (exact) mass is 311 g/mol. The van der Waals surface area contributed by atoms with E-state index in [1.807, 2.05) is 6.92 Å². The predicted octanol–water partition coefficient (Wildman–Crippen LogP) is 4.32. The van der Waals surface area contributed by atoms with Crippen LogP contribution in [-0.2, 0) is 0 Å². The van der Waals surface area contributed by atoms with Gasteiger partial charge >= 0.3 is 0 Å². The van der Waals surface area contributed by atoms with Crippen molar-refractivity contribution in [3.63, 3.8) is 0 Å². The van der Waals surface area contributed by atoms with E-state index in [0.717, 1.165) is 12.2 Å². The molecule has 2 rings (SSSR count). The molecule has 1 N–H and O–H groups in total. The number of rotatable bonds is 6. The van der Waals surface area contributed by atoms with Gasteiger partial charge in [-0.2, -0.15) is 0 Å². The van der Waals surface area contributed by atoms with Crippen LogP contribution in [0.2, 0.25) is 0 Å². The Bertz CT molecular complexity index is 692. The van der Waals surface area contributed by atoms with Gasteiger partial charge in [0.05, 0.1) is 6.10 Å². The fourth-order valence-corrected chi connectivity index (χ4v) is 2.02. The minimum absolute atomic E-state index is 0.0346. The smallest absolute Gasteiger partial charge is 0.255 e. The van der Waals surface area contributed by atoms with Crippen molar-refractivity contribution < 1.29 is 14.3 Å². The Morgan fingerprint density at radius 1 is 1.09 bits per heavy atom. The summed E-state index contributed by atoms with van der Waals surface area (Å²) < 4.78 is 5.69. The number of carbonyl (C=O) groups is 2. The van der Waals surface area contributed by atoms with E-state index in [1.54, 1.807) is 48.5 Å². The van der Waals surface area contributed by atoms with Gasteiger partial charge in [-0.25, -0.2) is 0 Å². The summed E-state index contributed by atoms with van der Waals surface area (Å²) in [4.78, 5) is 23.6. The van der Waals surface area contributed by atoms with E-state index < -0.39 is 0 Å². The first-order chi connectivity index (χ1) is 11.0. The molecule has 4 nitrogen and oxygen atoms in total. The van der Waals surface area contributed by atoms with Gasteiger partial charge in [0.15, 0.2) is 5.78 Å². The summed E-state index contributed by atoms with van der Waals surface area (Å²) in [7, 11) is 0. The SMILES string of the molecule is CCC(C)Oc1ccc(C(=O)Nc2cccc(C(C)=O)c2)cc1. The highest BCUT2D eigenvalue weighted by atomic mass is 16.5. The molecule has 0 aliphatic carbocycles. The lowest BCUT2D eigenvalue weighted by Crippen LogP contribution is -2.13. The average molecular weight is 311 g/mol. The highest BCUT2D eigenvalue weighted by Gasteiger charge is 2.08. The van der Waals surface area contributed by atoms with Gasteiger partial charge in [-0.1, -0.05) is 19.1 Å². The van der Waals surface area contributed by atoms with Crippen molar-refractivity contribution in [1.29, 1.82) is 0 Å². The molecule has 0 saturated heterocycles. The lowest BCUT2D eigenvalue weighted by Gasteiger charge is -2.12. The zero-order valence-corrected chi connectivity index (χ0v) is 13.6. The van der Waals surface area contributed by atoms with Crippen LogP contribution in [0.1, 0.15) is 47.9 Å². The van der Waals surface area contributed by atoms with Crippen LogP contribution in [0.3, 0.4) is 0 Å². The summed E-state index contributed by atoms with van der Waals surface area (Å²) in [6, 6.07) is 13.9. The number of carbonyl (C=O) groups excluding carboxylic acids is 2. The molecule has 0 saturated carbocycles. The van der Waals surface area contributed by atoms with Crippen LogP contribution in [-0.4, -0.2) is 17.8 Å². The Balaban J connectivity index is 2.06. The van der Waals surface area contributed by atoms with E-state index >= 15 is 0 Å². The van der Waals surface area contributed by atoms with Gasteiger partial charge in [-0.3, -0.25) is 9.59 Å². The molecule has 1 amide bonds. The quantitative estimate of drug-likeness (QED) is 0.808. The second kappa shape index (κ2) is 7.58. The number of anilines is 1. The predicted molar refractivity (Wildman–Crippen MR) is 91.2 cm³/mol. The number of ketones is 1. The lowest BCUT2D eigenvalue weighted by molar-refractivity contribution is 0.101. The highest BCUT2D eigenvalue weighted by Crippen LogP contribution is 2.17. The van der Waals surface area contributed by atoms with Crippen molar-refractivity contribution in [3.8, 4) is 5.75 Å². The molecule has 0 spiro atoms. The van der Waals surface area contributed by atoms with Crippen LogP contribution in [0.15, 0.2) is 48.5 Å². The zero-order valence-electron chi connectivity index (χ0n) is 13.6. The molecule has 2 aromatic carbocycles. The topological polar surface area (TPSA) is 55.4 Å². The molecular formula is C19H21NO3. The average Bonchev–Trinajstić information content (AvgIpc) is 2.55. The van der Waals surface area contributed by atoms with Crippen LogP contribution in [0.25, 0.3) is 0 Å². The summed E-state index contributed by atoms with van der Waals surface area (Å²) >= 11 is 0. The van der Waals surface area contributed by atoms with Gasteiger partial charge in [-0.15, -0.1) is 0 Å². The van der Waals surface area contributed by atoms with Crippen molar-refractivity contribution >= 4 is 17.4 Å². The van der Waals surface area contributed by atoms with Gasteiger partial charge in [0.2, 0.25) is 0 Å². The fraction of sp³-hybridized carbons (Fsp3) is 0.263. The number of ether oxygens (including phenoxy) is 1. The van der Waals surface area contributed by atoms with Gasteiger partial charge in [0, 0.05) is 16.8 Å². The largest absolute Gasteiger partial charge is 0.491 e. The number of hydrogen-bond acceptors (Lipinski definition) is 3. The Kier molecular flexibility index (Phi) is 5.52. The molecule has 0 fully saturated rings. The van der Waals surface area contributed by atoms with Crippen LogP contribution >= 0.6 is 0 Å². The Labute approximate surface area is 136 Å². The van der Waals surface area contributed by atoms with E-state index in [2.05, 4.69) is 12.2 Å². The lowest BCUT2D eigenvalue weighted by atomic mass is 10.1. The number of amides is 1. The number of nitrogens with one attached hydrogen (secondary N) is 1. The van der Waals surface area contributed by atoms with Crippen LogP contribution in [0.5, 0.6) is 5.75 Å². The molecule has 0 aromatic heterocycles. The maximum Gasteiger partial charge on any atom is 0.255 e. The molecule has 0 heterocycles. The van der Waals surface area contributed by atoms with Gasteiger partial charge < -0.3 is 10.1 Å². The van der Waals surface area contributed by atoms with E-state index in [9.17, 15) is 9.59 Å². The zero-order chi connectivity index (χ0) is 16.8. The Morgan fingerprint density at radius 2 is 1.78 bits per heavy atom. The van der Waals surface area contributed by atoms with E-state index in [4.69, 9.17) is 4.74 Å². The van der Waals surface area contributed by atoms with Crippen LogP contribution in [0.4, 0.5) is 5.69 Å². The molecule has 1 unspecified atom stereocenters. The molecule has 120 valence electrons. The summed E-state index contributed by atoms with van der Waals surface area (Å²) in [5.41, 5.74) is 1.71. The standard InChI is InChI=1S/C19H21NO3/c1-4-13(2)23-18-10-8-15(9-11-18)19(22)20-17-7-5-6-16(12-17)14(3)21/h5-13H,4H2,1-3H3,(H,20,22). The molecule has 23 heavy (non-hydrogen) atoms. The summed E-state index contributed by atoms with van der Waals surface area (Å²) in [6.07, 6.45) is 1.07. The minimum Gasteiger partial charge on any atom is -0.491 e. The third-order valence-electron chi connectivity index (χ3n) is 3.56. The van der Waals surface area contributed by atoms with Gasteiger partial charge in [0.1, 0.15) is 5.75 Å². The highest BCUT2D eigenvalue weighted by molar-refractivity contribution is 6.05. The van der Waals surface area contributed by atoms with Gasteiger partial charge in [0.25, 0.3) is 5.91 Å². The van der Waals surface area contributed by atoms with Crippen molar-refractivity contribution in [3.05, 3.63) is 59.7 Å². The second-order valence-corrected chi connectivity index (χ2v) is 5.45. The molecule has 0 aliphatic rings. The van der Waals surface area contributed by atoms with Crippen molar-refractivity contribution in [1.82, 2.24) is 0 Å². The molecule has 0 aliphatic heterocycles. The molecule has 0 radical (unpaired) electrons.